The second-order valence-corrected chi connectivity index (χ2v) is 7.11. The molecule has 0 unspecified atom stereocenters. The lowest BCUT2D eigenvalue weighted by Crippen LogP contribution is -2.17. The fourth-order valence-electron chi connectivity index (χ4n) is 3.15. The van der Waals surface area contributed by atoms with Crippen molar-refractivity contribution < 1.29 is 9.53 Å². The largest absolute Gasteiger partial charge is 0.494 e. The molecule has 0 aliphatic heterocycles. The number of benzene rings is 2. The molecule has 0 bridgehead atoms. The minimum Gasteiger partial charge on any atom is -0.494 e. The zero-order valence-electron chi connectivity index (χ0n) is 17.1. The molecule has 154 valence electrons. The lowest BCUT2D eigenvalue weighted by atomic mass is 10.2. The SMILES string of the molecule is Cc1ccc(OCCCC(=O)Nc2c(C#N)cnn2-c2ccc3ccccc3n2)cc1. The molecule has 0 radical (unpaired) electrons. The number of para-hydroxylation sites is 1. The fourth-order valence-corrected chi connectivity index (χ4v) is 3.15. The van der Waals surface area contributed by atoms with Crippen molar-refractivity contribution in [3.8, 4) is 17.6 Å². The van der Waals surface area contributed by atoms with Gasteiger partial charge in [-0.1, -0.05) is 35.9 Å². The first-order valence-corrected chi connectivity index (χ1v) is 9.97. The minimum absolute atomic E-state index is 0.216. The number of nitrogens with zero attached hydrogens (tertiary/aromatic N) is 4. The first kappa shape index (κ1) is 20.1. The summed E-state index contributed by atoms with van der Waals surface area (Å²) in [4.78, 5) is 17.1. The number of fused-ring (bicyclic) bond motifs is 1. The number of amides is 1. The van der Waals surface area contributed by atoms with Crippen LogP contribution in [-0.2, 0) is 4.79 Å². The summed E-state index contributed by atoms with van der Waals surface area (Å²) in [6, 6.07) is 21.3. The van der Waals surface area contributed by atoms with E-state index in [4.69, 9.17) is 4.74 Å². The molecule has 4 aromatic rings. The Morgan fingerprint density at radius 2 is 1.94 bits per heavy atom. The number of rotatable bonds is 7. The molecular formula is C24H21N5O2. The number of carbonyl (C=O) groups is 1. The third-order valence-electron chi connectivity index (χ3n) is 4.79. The summed E-state index contributed by atoms with van der Waals surface area (Å²) < 4.78 is 7.14. The predicted molar refractivity (Wildman–Crippen MR) is 118 cm³/mol. The maximum Gasteiger partial charge on any atom is 0.225 e. The van der Waals surface area contributed by atoms with Crippen LogP contribution < -0.4 is 10.1 Å². The average Bonchev–Trinajstić information content (AvgIpc) is 3.20. The van der Waals surface area contributed by atoms with E-state index < -0.39 is 0 Å². The third kappa shape index (κ3) is 4.70. The van der Waals surface area contributed by atoms with Gasteiger partial charge in [-0.2, -0.15) is 15.0 Å². The molecule has 2 aromatic carbocycles. The molecule has 7 heteroatoms. The van der Waals surface area contributed by atoms with Crippen LogP contribution in [-0.4, -0.2) is 27.3 Å². The topological polar surface area (TPSA) is 92.8 Å². The van der Waals surface area contributed by atoms with Gasteiger partial charge in [0.15, 0.2) is 11.6 Å². The zero-order valence-corrected chi connectivity index (χ0v) is 17.1. The van der Waals surface area contributed by atoms with Crippen LogP contribution in [0.2, 0.25) is 0 Å². The van der Waals surface area contributed by atoms with Crippen molar-refractivity contribution >= 4 is 22.6 Å². The predicted octanol–water partition coefficient (Wildman–Crippen LogP) is 4.40. The van der Waals surface area contributed by atoms with E-state index in [1.165, 1.54) is 10.9 Å². The first-order valence-electron chi connectivity index (χ1n) is 9.97. The zero-order chi connectivity index (χ0) is 21.6. The van der Waals surface area contributed by atoms with E-state index in [1.807, 2.05) is 67.6 Å². The Labute approximate surface area is 179 Å². The van der Waals surface area contributed by atoms with E-state index in [1.54, 1.807) is 0 Å². The number of hydrogen-bond donors (Lipinski definition) is 1. The number of nitrogens with one attached hydrogen (secondary N) is 1. The lowest BCUT2D eigenvalue weighted by Gasteiger charge is -2.10. The number of anilines is 1. The average molecular weight is 411 g/mol. The van der Waals surface area contributed by atoms with E-state index in [0.29, 0.717) is 24.7 Å². The summed E-state index contributed by atoms with van der Waals surface area (Å²) in [6.45, 7) is 2.44. The molecule has 1 N–H and O–H groups in total. The molecular weight excluding hydrogens is 390 g/mol. The van der Waals surface area contributed by atoms with E-state index in [0.717, 1.165) is 22.2 Å². The normalized spacial score (nSPS) is 10.6. The molecule has 4 rings (SSSR count). The summed E-state index contributed by atoms with van der Waals surface area (Å²) >= 11 is 0. The van der Waals surface area contributed by atoms with Crippen LogP contribution in [0.15, 0.2) is 66.9 Å². The molecule has 0 saturated carbocycles. The van der Waals surface area contributed by atoms with Gasteiger partial charge in [0.25, 0.3) is 0 Å². The number of carbonyl (C=O) groups excluding carboxylic acids is 1. The van der Waals surface area contributed by atoms with Crippen molar-refractivity contribution in [3.05, 3.63) is 78.0 Å². The number of aryl methyl sites for hydroxylation is 1. The Bertz CT molecular complexity index is 1260. The van der Waals surface area contributed by atoms with Crippen LogP contribution in [0.3, 0.4) is 0 Å². The van der Waals surface area contributed by atoms with Crippen molar-refractivity contribution in [2.75, 3.05) is 11.9 Å². The van der Waals surface area contributed by atoms with Gasteiger partial charge >= 0.3 is 0 Å². The van der Waals surface area contributed by atoms with Crippen LogP contribution in [0.25, 0.3) is 16.7 Å². The lowest BCUT2D eigenvalue weighted by molar-refractivity contribution is -0.116. The highest BCUT2D eigenvalue weighted by atomic mass is 16.5. The van der Waals surface area contributed by atoms with Crippen molar-refractivity contribution in [3.63, 3.8) is 0 Å². The third-order valence-corrected chi connectivity index (χ3v) is 4.79. The van der Waals surface area contributed by atoms with Gasteiger partial charge in [0.05, 0.1) is 18.3 Å². The van der Waals surface area contributed by atoms with Crippen molar-refractivity contribution in [1.82, 2.24) is 14.8 Å². The van der Waals surface area contributed by atoms with Gasteiger partial charge in [-0.3, -0.25) is 4.79 Å². The minimum atomic E-state index is -0.216. The van der Waals surface area contributed by atoms with Crippen LogP contribution in [0.1, 0.15) is 24.0 Å². The van der Waals surface area contributed by atoms with Gasteiger partial charge in [0.2, 0.25) is 5.91 Å². The Kier molecular flexibility index (Phi) is 5.90. The highest BCUT2D eigenvalue weighted by Gasteiger charge is 2.16. The van der Waals surface area contributed by atoms with E-state index in [9.17, 15) is 10.1 Å². The highest BCUT2D eigenvalue weighted by molar-refractivity contribution is 5.91. The van der Waals surface area contributed by atoms with Crippen molar-refractivity contribution in [2.45, 2.75) is 19.8 Å². The number of pyridine rings is 1. The Morgan fingerprint density at radius 3 is 2.74 bits per heavy atom. The van der Waals surface area contributed by atoms with Crippen LogP contribution in [0, 0.1) is 18.3 Å². The van der Waals surface area contributed by atoms with Crippen molar-refractivity contribution in [2.24, 2.45) is 0 Å². The van der Waals surface area contributed by atoms with Gasteiger partial charge in [-0.05, 0) is 43.7 Å². The standard InChI is InChI=1S/C24H21N5O2/c1-17-8-11-20(12-9-17)31-14-4-7-23(30)28-24-19(15-25)16-26-29(24)22-13-10-18-5-2-3-6-21(18)27-22/h2-3,5-6,8-13,16H,4,7,14H2,1H3,(H,28,30). The van der Waals surface area contributed by atoms with Gasteiger partial charge < -0.3 is 10.1 Å². The van der Waals surface area contributed by atoms with Crippen LogP contribution in [0.4, 0.5) is 5.82 Å². The number of ether oxygens (including phenoxy) is 1. The molecule has 0 saturated heterocycles. The second kappa shape index (κ2) is 9.09. The van der Waals surface area contributed by atoms with E-state index in [2.05, 4.69) is 21.5 Å². The molecule has 0 aliphatic carbocycles. The molecule has 2 heterocycles. The first-order chi connectivity index (χ1) is 15.1. The highest BCUT2D eigenvalue weighted by Crippen LogP contribution is 2.21. The monoisotopic (exact) mass is 411 g/mol. The summed E-state index contributed by atoms with van der Waals surface area (Å²) in [6.07, 6.45) is 2.23. The number of nitriles is 1. The summed E-state index contributed by atoms with van der Waals surface area (Å²) in [5.74, 6) is 1.40. The summed E-state index contributed by atoms with van der Waals surface area (Å²) in [5.41, 5.74) is 2.25. The Morgan fingerprint density at radius 1 is 1.13 bits per heavy atom. The van der Waals surface area contributed by atoms with Crippen LogP contribution in [0.5, 0.6) is 5.75 Å². The van der Waals surface area contributed by atoms with Gasteiger partial charge in [0, 0.05) is 11.8 Å². The van der Waals surface area contributed by atoms with E-state index >= 15 is 0 Å². The molecule has 7 nitrogen and oxygen atoms in total. The quantitative estimate of drug-likeness (QED) is 0.455. The number of aromatic nitrogens is 3. The molecule has 0 fully saturated rings. The molecule has 2 aromatic heterocycles. The number of hydrogen-bond acceptors (Lipinski definition) is 5. The maximum atomic E-state index is 12.5. The maximum absolute atomic E-state index is 12.5. The Hall–Kier alpha value is -4.18. The van der Waals surface area contributed by atoms with Crippen LogP contribution >= 0.6 is 0 Å². The van der Waals surface area contributed by atoms with E-state index in [-0.39, 0.29) is 17.9 Å². The van der Waals surface area contributed by atoms with Crippen molar-refractivity contribution in [1.29, 1.82) is 5.26 Å². The summed E-state index contributed by atoms with van der Waals surface area (Å²) in [7, 11) is 0. The molecule has 1 amide bonds. The fraction of sp³-hybridized carbons (Fsp3) is 0.167. The molecule has 0 aliphatic rings. The molecule has 0 atom stereocenters. The van der Waals surface area contributed by atoms with Gasteiger partial charge in [-0.15, -0.1) is 0 Å². The van der Waals surface area contributed by atoms with Gasteiger partial charge in [0.1, 0.15) is 17.4 Å². The smallest absolute Gasteiger partial charge is 0.225 e. The molecule has 0 spiro atoms. The summed E-state index contributed by atoms with van der Waals surface area (Å²) in [5, 5.41) is 17.5. The van der Waals surface area contributed by atoms with Gasteiger partial charge in [-0.25, -0.2) is 4.98 Å². The second-order valence-electron chi connectivity index (χ2n) is 7.11. The molecule has 31 heavy (non-hydrogen) atoms. The Balaban J connectivity index is 1.42.